The van der Waals surface area contributed by atoms with Gasteiger partial charge in [0.2, 0.25) is 5.91 Å². The van der Waals surface area contributed by atoms with Crippen LogP contribution in [0.15, 0.2) is 59.7 Å². The molecule has 3 atom stereocenters. The normalized spacial score (nSPS) is 19.6. The summed E-state index contributed by atoms with van der Waals surface area (Å²) in [6, 6.07) is 11.9. The lowest BCUT2D eigenvalue weighted by atomic mass is 10.0. The van der Waals surface area contributed by atoms with Gasteiger partial charge in [-0.2, -0.15) is 31.4 Å². The van der Waals surface area contributed by atoms with Crippen molar-refractivity contribution in [1.82, 2.24) is 10.6 Å². The SMILES string of the molecule is NC1C(C(=O)NCC(O)(CNC(=O)c2ccccc2C(F)(F)F)C(F)(F)F)C=NN1c1ccccc1. The topological polar surface area (TPSA) is 120 Å². The number of hydrogen-bond acceptors (Lipinski definition) is 6. The molecule has 14 heteroatoms. The molecule has 0 saturated heterocycles. The zero-order valence-corrected chi connectivity index (χ0v) is 18.3. The van der Waals surface area contributed by atoms with Gasteiger partial charge < -0.3 is 21.5 Å². The van der Waals surface area contributed by atoms with Gasteiger partial charge in [0.25, 0.3) is 5.91 Å². The predicted molar refractivity (Wildman–Crippen MR) is 117 cm³/mol. The first-order valence-corrected chi connectivity index (χ1v) is 10.4. The van der Waals surface area contributed by atoms with E-state index in [0.29, 0.717) is 11.8 Å². The molecule has 0 fully saturated rings. The van der Waals surface area contributed by atoms with Crippen LogP contribution in [0.25, 0.3) is 0 Å². The number of carbonyl (C=O) groups is 2. The number of aliphatic hydroxyl groups is 1. The number of nitrogens with zero attached hydrogens (tertiary/aromatic N) is 2. The van der Waals surface area contributed by atoms with Gasteiger partial charge in [0.15, 0.2) is 5.60 Å². The van der Waals surface area contributed by atoms with Gasteiger partial charge in [-0.15, -0.1) is 0 Å². The van der Waals surface area contributed by atoms with E-state index in [2.05, 4.69) is 5.10 Å². The number of amides is 2. The lowest BCUT2D eigenvalue weighted by Crippen LogP contribution is -2.60. The van der Waals surface area contributed by atoms with Crippen molar-refractivity contribution < 1.29 is 41.0 Å². The molecule has 2 amide bonds. The fourth-order valence-electron chi connectivity index (χ4n) is 3.37. The van der Waals surface area contributed by atoms with Crippen LogP contribution in [0.1, 0.15) is 15.9 Å². The molecule has 36 heavy (non-hydrogen) atoms. The molecular formula is C22H21F6N5O3. The first kappa shape index (κ1) is 26.9. The molecule has 2 aromatic rings. The summed E-state index contributed by atoms with van der Waals surface area (Å²) in [5, 5.41) is 19.1. The number of hydrazone groups is 1. The molecule has 2 aromatic carbocycles. The Morgan fingerprint density at radius 3 is 2.14 bits per heavy atom. The Morgan fingerprint density at radius 2 is 1.53 bits per heavy atom. The molecule has 0 spiro atoms. The molecule has 5 N–H and O–H groups in total. The number of hydrogen-bond donors (Lipinski definition) is 4. The average Bonchev–Trinajstić information content (AvgIpc) is 3.21. The minimum Gasteiger partial charge on any atom is -0.378 e. The lowest BCUT2D eigenvalue weighted by molar-refractivity contribution is -0.254. The van der Waals surface area contributed by atoms with Crippen LogP contribution in [0.5, 0.6) is 0 Å². The van der Waals surface area contributed by atoms with Crippen LogP contribution in [0, 0.1) is 5.92 Å². The maximum atomic E-state index is 13.6. The third-order valence-electron chi connectivity index (χ3n) is 5.43. The Hall–Kier alpha value is -3.65. The number of carbonyl (C=O) groups excluding carboxylic acids is 2. The van der Waals surface area contributed by atoms with Crippen molar-refractivity contribution in [1.29, 1.82) is 0 Å². The zero-order chi connectivity index (χ0) is 26.7. The van der Waals surface area contributed by atoms with E-state index in [1.807, 2.05) is 5.32 Å². The van der Waals surface area contributed by atoms with E-state index in [1.54, 1.807) is 35.6 Å². The molecule has 194 valence electrons. The third kappa shape index (κ3) is 5.76. The predicted octanol–water partition coefficient (Wildman–Crippen LogP) is 2.25. The van der Waals surface area contributed by atoms with E-state index in [-0.39, 0.29) is 0 Å². The van der Waals surface area contributed by atoms with E-state index in [9.17, 15) is 41.0 Å². The quantitative estimate of drug-likeness (QED) is 0.420. The summed E-state index contributed by atoms with van der Waals surface area (Å²) >= 11 is 0. The van der Waals surface area contributed by atoms with Crippen LogP contribution in [-0.2, 0) is 11.0 Å². The van der Waals surface area contributed by atoms with Crippen LogP contribution >= 0.6 is 0 Å². The fourth-order valence-corrected chi connectivity index (χ4v) is 3.37. The van der Waals surface area contributed by atoms with Crippen LogP contribution in [0.2, 0.25) is 0 Å². The first-order valence-electron chi connectivity index (χ1n) is 10.4. The molecule has 0 saturated carbocycles. The molecule has 0 aromatic heterocycles. The molecule has 1 heterocycles. The van der Waals surface area contributed by atoms with Crippen molar-refractivity contribution in [3.63, 3.8) is 0 Å². The summed E-state index contributed by atoms with van der Waals surface area (Å²) in [7, 11) is 0. The van der Waals surface area contributed by atoms with Crippen LogP contribution in [0.3, 0.4) is 0 Å². The largest absolute Gasteiger partial charge is 0.420 e. The van der Waals surface area contributed by atoms with Crippen LogP contribution < -0.4 is 21.4 Å². The highest BCUT2D eigenvalue weighted by Crippen LogP contribution is 2.33. The van der Waals surface area contributed by atoms with Crippen molar-refractivity contribution in [3.8, 4) is 0 Å². The maximum absolute atomic E-state index is 13.6. The molecule has 1 aliphatic heterocycles. The van der Waals surface area contributed by atoms with Crippen molar-refractivity contribution >= 4 is 23.7 Å². The Kier molecular flexibility index (Phi) is 7.59. The number of alkyl halides is 6. The third-order valence-corrected chi connectivity index (χ3v) is 5.43. The molecule has 0 radical (unpaired) electrons. The van der Waals surface area contributed by atoms with Gasteiger partial charge in [0.05, 0.1) is 29.9 Å². The second-order valence-electron chi connectivity index (χ2n) is 7.93. The van der Waals surface area contributed by atoms with Gasteiger partial charge in [-0.1, -0.05) is 30.3 Å². The highest BCUT2D eigenvalue weighted by molar-refractivity contribution is 5.97. The number of para-hydroxylation sites is 1. The smallest absolute Gasteiger partial charge is 0.378 e. The van der Waals surface area contributed by atoms with E-state index in [1.165, 1.54) is 5.01 Å². The maximum Gasteiger partial charge on any atom is 0.420 e. The standard InChI is InChI=1S/C22H21F6N5O3/c23-21(24,25)16-9-5-4-8-14(16)18(34)30-11-20(36,22(26,27)28)12-31-19(35)15-10-32-33(17(15)29)13-6-2-1-3-7-13/h1-10,15,17,36H,11-12,29H2,(H,30,34)(H,31,35). The fraction of sp³-hybridized carbons (Fsp3) is 0.318. The molecular weight excluding hydrogens is 496 g/mol. The molecule has 8 nitrogen and oxygen atoms in total. The Bertz CT molecular complexity index is 1130. The van der Waals surface area contributed by atoms with Gasteiger partial charge in [-0.05, 0) is 24.3 Å². The Morgan fingerprint density at radius 1 is 0.944 bits per heavy atom. The van der Waals surface area contributed by atoms with E-state index in [0.717, 1.165) is 24.4 Å². The van der Waals surface area contributed by atoms with Crippen molar-refractivity contribution in [2.45, 2.75) is 24.1 Å². The number of benzene rings is 2. The van der Waals surface area contributed by atoms with Crippen LogP contribution in [0.4, 0.5) is 32.0 Å². The summed E-state index contributed by atoms with van der Waals surface area (Å²) in [6.07, 6.45) is -10.2. The molecule has 0 aliphatic carbocycles. The van der Waals surface area contributed by atoms with Crippen molar-refractivity contribution in [2.24, 2.45) is 16.8 Å². The second kappa shape index (κ2) is 10.1. The number of nitrogens with two attached hydrogens (primary N) is 1. The number of anilines is 1. The summed E-state index contributed by atoms with van der Waals surface area (Å²) in [6.45, 7) is -2.93. The second-order valence-corrected chi connectivity index (χ2v) is 7.93. The van der Waals surface area contributed by atoms with Gasteiger partial charge in [-0.3, -0.25) is 9.59 Å². The van der Waals surface area contributed by atoms with E-state index >= 15 is 0 Å². The van der Waals surface area contributed by atoms with Gasteiger partial charge in [0, 0.05) is 6.21 Å². The minimum atomic E-state index is -5.36. The number of nitrogens with one attached hydrogen (secondary N) is 2. The first-order chi connectivity index (χ1) is 16.7. The van der Waals surface area contributed by atoms with E-state index < -0.39 is 66.1 Å². The number of halogens is 6. The minimum absolute atomic E-state index is 0.533. The van der Waals surface area contributed by atoms with E-state index in [4.69, 9.17) is 5.73 Å². The van der Waals surface area contributed by atoms with Gasteiger partial charge in [0.1, 0.15) is 12.1 Å². The highest BCUT2D eigenvalue weighted by atomic mass is 19.4. The van der Waals surface area contributed by atoms with Crippen LogP contribution in [-0.4, -0.2) is 54.2 Å². The molecule has 3 rings (SSSR count). The number of rotatable bonds is 7. The summed E-state index contributed by atoms with van der Waals surface area (Å²) in [4.78, 5) is 24.8. The summed E-state index contributed by atoms with van der Waals surface area (Å²) in [5.41, 5.74) is 0.561. The average molecular weight is 517 g/mol. The molecule has 3 unspecified atom stereocenters. The molecule has 0 bridgehead atoms. The highest BCUT2D eigenvalue weighted by Gasteiger charge is 2.54. The molecule has 1 aliphatic rings. The monoisotopic (exact) mass is 517 g/mol. The van der Waals surface area contributed by atoms with Gasteiger partial charge >= 0.3 is 12.4 Å². The van der Waals surface area contributed by atoms with Crippen molar-refractivity contribution in [3.05, 3.63) is 65.7 Å². The zero-order valence-electron chi connectivity index (χ0n) is 18.3. The lowest BCUT2D eigenvalue weighted by Gasteiger charge is -2.31. The Balaban J connectivity index is 1.67. The Labute approximate surface area is 200 Å². The summed E-state index contributed by atoms with van der Waals surface area (Å²) in [5.74, 6) is -3.64. The van der Waals surface area contributed by atoms with Gasteiger partial charge in [-0.25, -0.2) is 5.01 Å². The van der Waals surface area contributed by atoms with Crippen molar-refractivity contribution in [2.75, 3.05) is 18.1 Å². The summed E-state index contributed by atoms with van der Waals surface area (Å²) < 4.78 is 80.2.